The normalized spacial score (nSPS) is 14.9. The van der Waals surface area contributed by atoms with Crippen molar-refractivity contribution in [2.24, 2.45) is 0 Å². The van der Waals surface area contributed by atoms with Gasteiger partial charge in [-0.25, -0.2) is 0 Å². The van der Waals surface area contributed by atoms with Gasteiger partial charge in [-0.15, -0.1) is 10.2 Å². The number of ether oxygens (including phenoxy) is 3. The van der Waals surface area contributed by atoms with Gasteiger partial charge in [-0.1, -0.05) is 30.0 Å². The van der Waals surface area contributed by atoms with E-state index in [-0.39, 0.29) is 0 Å². The van der Waals surface area contributed by atoms with Crippen LogP contribution in [0, 0.1) is 0 Å². The Morgan fingerprint density at radius 2 is 1.93 bits per heavy atom. The summed E-state index contributed by atoms with van der Waals surface area (Å²) in [5.41, 5.74) is 3.15. The number of methoxy groups -OCH3 is 2. The maximum atomic E-state index is 6.24. The van der Waals surface area contributed by atoms with Gasteiger partial charge in [0, 0.05) is 11.3 Å². The molecule has 0 saturated heterocycles. The molecule has 1 aromatic heterocycles. The molecule has 0 unspecified atom stereocenters. The molecule has 1 atom stereocenters. The number of aromatic nitrogens is 3. The van der Waals surface area contributed by atoms with E-state index >= 15 is 0 Å². The Balaban J connectivity index is 1.87. The molecule has 0 radical (unpaired) electrons. The van der Waals surface area contributed by atoms with Crippen molar-refractivity contribution < 1.29 is 14.2 Å². The Bertz CT molecular complexity index is 983. The lowest BCUT2D eigenvalue weighted by atomic mass is 10.1. The summed E-state index contributed by atoms with van der Waals surface area (Å²) in [7, 11) is 3.25. The Kier molecular flexibility index (Phi) is 4.72. The number of fused-ring (bicyclic) bond motifs is 3. The SMILES string of the molecule is COc1ccc(OC)c([C@H]2Nc3ccccc3-c3nnc(SC)nc3O2)c1. The van der Waals surface area contributed by atoms with Crippen molar-refractivity contribution >= 4 is 17.4 Å². The molecule has 0 fully saturated rings. The molecule has 27 heavy (non-hydrogen) atoms. The minimum Gasteiger partial charge on any atom is -0.497 e. The molecular weight excluding hydrogens is 364 g/mol. The number of rotatable bonds is 4. The zero-order valence-corrected chi connectivity index (χ0v) is 15.9. The van der Waals surface area contributed by atoms with E-state index in [2.05, 4.69) is 20.5 Å². The second-order valence-corrected chi connectivity index (χ2v) is 6.52. The first-order valence-electron chi connectivity index (χ1n) is 8.26. The summed E-state index contributed by atoms with van der Waals surface area (Å²) in [6.45, 7) is 0. The van der Waals surface area contributed by atoms with Crippen molar-refractivity contribution in [2.45, 2.75) is 11.4 Å². The lowest BCUT2D eigenvalue weighted by Crippen LogP contribution is -2.18. The number of hydrogen-bond donors (Lipinski definition) is 1. The van der Waals surface area contributed by atoms with E-state index < -0.39 is 6.23 Å². The largest absolute Gasteiger partial charge is 0.497 e. The number of benzene rings is 2. The first kappa shape index (κ1) is 17.4. The summed E-state index contributed by atoms with van der Waals surface area (Å²) >= 11 is 1.41. The molecular formula is C19H18N4O3S. The fourth-order valence-electron chi connectivity index (χ4n) is 2.92. The van der Waals surface area contributed by atoms with Crippen molar-refractivity contribution in [1.29, 1.82) is 0 Å². The van der Waals surface area contributed by atoms with Crippen molar-refractivity contribution in [3.05, 3.63) is 48.0 Å². The minimum absolute atomic E-state index is 0.418. The van der Waals surface area contributed by atoms with Crippen LogP contribution in [0.25, 0.3) is 11.3 Å². The van der Waals surface area contributed by atoms with E-state index in [9.17, 15) is 0 Å². The van der Waals surface area contributed by atoms with Crippen LogP contribution in [0.15, 0.2) is 47.6 Å². The first-order chi connectivity index (χ1) is 13.2. The molecule has 1 aliphatic rings. The smallest absolute Gasteiger partial charge is 0.247 e. The van der Waals surface area contributed by atoms with Crippen LogP contribution in [0.4, 0.5) is 5.69 Å². The van der Waals surface area contributed by atoms with Crippen LogP contribution in [-0.4, -0.2) is 35.7 Å². The average molecular weight is 382 g/mol. The van der Waals surface area contributed by atoms with Crippen molar-refractivity contribution in [2.75, 3.05) is 25.8 Å². The van der Waals surface area contributed by atoms with E-state index in [1.807, 2.05) is 48.7 Å². The molecule has 8 heteroatoms. The number of anilines is 1. The molecule has 3 aromatic rings. The second-order valence-electron chi connectivity index (χ2n) is 5.75. The Labute approximate surface area is 161 Å². The Morgan fingerprint density at radius 1 is 1.07 bits per heavy atom. The van der Waals surface area contributed by atoms with Gasteiger partial charge >= 0.3 is 0 Å². The fraction of sp³-hybridized carbons (Fsp3) is 0.211. The van der Waals surface area contributed by atoms with Crippen molar-refractivity contribution in [3.8, 4) is 28.6 Å². The molecule has 2 heterocycles. The number of nitrogens with one attached hydrogen (secondary N) is 1. The number of para-hydroxylation sites is 1. The molecule has 0 amide bonds. The summed E-state index contributed by atoms with van der Waals surface area (Å²) in [5.74, 6) is 1.81. The van der Waals surface area contributed by atoms with E-state index in [1.54, 1.807) is 14.2 Å². The molecule has 0 bridgehead atoms. The quantitative estimate of drug-likeness (QED) is 0.683. The van der Waals surface area contributed by atoms with Crippen LogP contribution in [0.3, 0.4) is 0 Å². The standard InChI is InChI=1S/C19H18N4O3S/c1-24-11-8-9-15(25-2)13(10-11)17-20-14-7-5-4-6-12(14)16-18(26-17)21-19(27-3)23-22-16/h4-10,17,20H,1-3H3/t17-/m0/s1. The van der Waals surface area contributed by atoms with Crippen LogP contribution in [0.2, 0.25) is 0 Å². The Hall–Kier alpha value is -3.00. The minimum atomic E-state index is -0.538. The predicted molar refractivity (Wildman–Crippen MR) is 104 cm³/mol. The lowest BCUT2D eigenvalue weighted by molar-refractivity contribution is 0.219. The van der Waals surface area contributed by atoms with Gasteiger partial charge in [-0.2, -0.15) is 4.98 Å². The van der Waals surface area contributed by atoms with Crippen molar-refractivity contribution in [3.63, 3.8) is 0 Å². The molecule has 0 spiro atoms. The third-order valence-electron chi connectivity index (χ3n) is 4.24. The number of thioether (sulfide) groups is 1. The summed E-state index contributed by atoms with van der Waals surface area (Å²) in [5, 5.41) is 12.5. The second kappa shape index (κ2) is 7.32. The van der Waals surface area contributed by atoms with E-state index in [0.717, 1.165) is 16.8 Å². The summed E-state index contributed by atoms with van der Waals surface area (Å²) in [4.78, 5) is 4.52. The van der Waals surface area contributed by atoms with Gasteiger partial charge in [0.25, 0.3) is 0 Å². The maximum absolute atomic E-state index is 6.24. The fourth-order valence-corrected chi connectivity index (χ4v) is 3.22. The third-order valence-corrected chi connectivity index (χ3v) is 4.77. The lowest BCUT2D eigenvalue weighted by Gasteiger charge is -2.21. The van der Waals surface area contributed by atoms with Crippen molar-refractivity contribution in [1.82, 2.24) is 15.2 Å². The monoisotopic (exact) mass is 382 g/mol. The highest BCUT2D eigenvalue weighted by Gasteiger charge is 2.28. The summed E-state index contributed by atoms with van der Waals surface area (Å²) in [6.07, 6.45) is 1.36. The van der Waals surface area contributed by atoms with Crippen LogP contribution < -0.4 is 19.5 Å². The van der Waals surface area contributed by atoms with Gasteiger partial charge in [0.2, 0.25) is 17.3 Å². The molecule has 7 nitrogen and oxygen atoms in total. The molecule has 0 saturated carbocycles. The predicted octanol–water partition coefficient (Wildman–Crippen LogP) is 3.78. The van der Waals surface area contributed by atoms with Gasteiger partial charge in [0.15, 0.2) is 5.69 Å². The highest BCUT2D eigenvalue weighted by atomic mass is 32.2. The van der Waals surface area contributed by atoms with Crippen LogP contribution in [0.5, 0.6) is 17.4 Å². The topological polar surface area (TPSA) is 78.4 Å². The van der Waals surface area contributed by atoms with Crippen LogP contribution in [0.1, 0.15) is 11.8 Å². The van der Waals surface area contributed by atoms with E-state index in [1.165, 1.54) is 11.8 Å². The zero-order valence-electron chi connectivity index (χ0n) is 15.1. The van der Waals surface area contributed by atoms with E-state index in [4.69, 9.17) is 14.2 Å². The molecule has 138 valence electrons. The maximum Gasteiger partial charge on any atom is 0.247 e. The first-order valence-corrected chi connectivity index (χ1v) is 9.49. The van der Waals surface area contributed by atoms with Gasteiger partial charge in [-0.05, 0) is 30.5 Å². The molecule has 0 aliphatic carbocycles. The van der Waals surface area contributed by atoms with Gasteiger partial charge in [0.1, 0.15) is 11.5 Å². The van der Waals surface area contributed by atoms with Crippen LogP contribution >= 0.6 is 11.8 Å². The number of hydrogen-bond acceptors (Lipinski definition) is 8. The van der Waals surface area contributed by atoms with Gasteiger partial charge in [-0.3, -0.25) is 0 Å². The van der Waals surface area contributed by atoms with Crippen LogP contribution in [-0.2, 0) is 0 Å². The van der Waals surface area contributed by atoms with E-state index in [0.29, 0.717) is 28.2 Å². The molecule has 4 rings (SSSR count). The summed E-state index contributed by atoms with van der Waals surface area (Å²) in [6, 6.07) is 13.4. The number of nitrogens with zero attached hydrogens (tertiary/aromatic N) is 3. The Morgan fingerprint density at radius 3 is 2.70 bits per heavy atom. The average Bonchev–Trinajstić information content (AvgIpc) is 2.89. The zero-order chi connectivity index (χ0) is 18.8. The highest BCUT2D eigenvalue weighted by molar-refractivity contribution is 7.98. The third kappa shape index (κ3) is 3.23. The molecule has 1 N–H and O–H groups in total. The molecule has 2 aromatic carbocycles. The molecule has 1 aliphatic heterocycles. The van der Waals surface area contributed by atoms with Gasteiger partial charge < -0.3 is 19.5 Å². The summed E-state index contributed by atoms with van der Waals surface area (Å²) < 4.78 is 17.1. The van der Waals surface area contributed by atoms with Gasteiger partial charge in [0.05, 0.1) is 19.8 Å². The highest BCUT2D eigenvalue weighted by Crippen LogP contribution is 2.41.